The summed E-state index contributed by atoms with van der Waals surface area (Å²) in [7, 11) is 0. The van der Waals surface area contributed by atoms with E-state index < -0.39 is 0 Å². The first kappa shape index (κ1) is 9.39. The summed E-state index contributed by atoms with van der Waals surface area (Å²) in [6, 6.07) is 0. The first-order valence-electron chi connectivity index (χ1n) is 4.17. The van der Waals surface area contributed by atoms with Crippen molar-refractivity contribution in [1.82, 2.24) is 4.98 Å². The van der Waals surface area contributed by atoms with Gasteiger partial charge >= 0.3 is 0 Å². The van der Waals surface area contributed by atoms with Crippen molar-refractivity contribution in [1.29, 1.82) is 0 Å². The Kier molecular flexibility index (Phi) is 2.98. The van der Waals surface area contributed by atoms with Crippen molar-refractivity contribution in [3.63, 3.8) is 0 Å². The van der Waals surface area contributed by atoms with Gasteiger partial charge in [-0.25, -0.2) is 9.55 Å². The number of nitrogens with two attached hydrogens (primary N) is 1. The summed E-state index contributed by atoms with van der Waals surface area (Å²) in [6.45, 7) is 1.13. The number of halogens is 1. The third-order valence-electron chi connectivity index (χ3n) is 2.40. The Labute approximate surface area is 78.4 Å². The van der Waals surface area contributed by atoms with Crippen LogP contribution in [0.1, 0.15) is 19.3 Å². The molecule has 0 aromatic carbocycles. The Bertz CT molecular complexity index is 242. The Morgan fingerprint density at radius 2 is 2.33 bits per heavy atom. The molecule has 0 atom stereocenters. The van der Waals surface area contributed by atoms with E-state index in [1.54, 1.807) is 0 Å². The van der Waals surface area contributed by atoms with Gasteiger partial charge < -0.3 is 18.1 Å². The van der Waals surface area contributed by atoms with Crippen LogP contribution in [0.15, 0.2) is 12.5 Å². The molecular weight excluding hydrogens is 174 g/mol. The quantitative estimate of drug-likeness (QED) is 0.503. The van der Waals surface area contributed by atoms with Crippen LogP contribution in [-0.4, -0.2) is 4.98 Å². The summed E-state index contributed by atoms with van der Waals surface area (Å²) in [6.07, 6.45) is 8.08. The molecule has 1 aliphatic carbocycles. The van der Waals surface area contributed by atoms with E-state index in [0.29, 0.717) is 0 Å². The predicted molar refractivity (Wildman–Crippen MR) is 42.7 cm³/mol. The zero-order valence-corrected chi connectivity index (χ0v) is 7.72. The van der Waals surface area contributed by atoms with Gasteiger partial charge in [-0.3, -0.25) is 0 Å². The van der Waals surface area contributed by atoms with Gasteiger partial charge in [-0.15, -0.1) is 0 Å². The van der Waals surface area contributed by atoms with Crippen LogP contribution in [0.2, 0.25) is 0 Å². The number of nitrogens with one attached hydrogen (secondary N) is 1. The third kappa shape index (κ3) is 1.91. The molecule has 1 heterocycles. The zero-order valence-electron chi connectivity index (χ0n) is 6.96. The van der Waals surface area contributed by atoms with Gasteiger partial charge in [0.05, 0.1) is 6.54 Å². The number of aromatic amines is 1. The summed E-state index contributed by atoms with van der Waals surface area (Å²) in [5.74, 6) is 1.65. The predicted octanol–water partition coefficient (Wildman–Crippen LogP) is -2.31. The molecule has 0 bridgehead atoms. The molecular formula is C8H14ClN3. The molecule has 3 N–H and O–H groups in total. The van der Waals surface area contributed by atoms with Crippen LogP contribution in [0, 0.1) is 5.92 Å². The molecule has 0 amide bonds. The SMILES string of the molecule is Nc1c[n+](CC2CCC2)c[nH]1.[Cl-]. The lowest BCUT2D eigenvalue weighted by atomic mass is 9.85. The number of rotatable bonds is 2. The minimum atomic E-state index is 0. The number of nitrogens with zero attached hydrogens (tertiary/aromatic N) is 1. The largest absolute Gasteiger partial charge is 1.00 e. The van der Waals surface area contributed by atoms with Crippen molar-refractivity contribution in [2.24, 2.45) is 5.92 Å². The average molecular weight is 188 g/mol. The van der Waals surface area contributed by atoms with Gasteiger partial charge in [-0.05, 0) is 18.8 Å². The molecule has 1 saturated carbocycles. The molecule has 68 valence electrons. The maximum Gasteiger partial charge on any atom is 0.243 e. The molecule has 0 saturated heterocycles. The number of nitrogen functional groups attached to an aromatic ring is 1. The van der Waals surface area contributed by atoms with E-state index in [-0.39, 0.29) is 12.4 Å². The molecule has 0 aliphatic heterocycles. The normalized spacial score (nSPS) is 16.7. The Balaban J connectivity index is 0.000000720. The fraction of sp³-hybridized carbons (Fsp3) is 0.625. The summed E-state index contributed by atoms with van der Waals surface area (Å²) in [4.78, 5) is 2.96. The summed E-state index contributed by atoms with van der Waals surface area (Å²) in [5.41, 5.74) is 5.54. The van der Waals surface area contributed by atoms with Crippen LogP contribution in [0.5, 0.6) is 0 Å². The fourth-order valence-corrected chi connectivity index (χ4v) is 1.49. The highest BCUT2D eigenvalue weighted by atomic mass is 35.5. The second kappa shape index (κ2) is 3.81. The van der Waals surface area contributed by atoms with Gasteiger partial charge in [0.2, 0.25) is 12.1 Å². The third-order valence-corrected chi connectivity index (χ3v) is 2.40. The molecule has 1 aromatic rings. The van der Waals surface area contributed by atoms with E-state index >= 15 is 0 Å². The molecule has 0 unspecified atom stereocenters. The summed E-state index contributed by atoms with van der Waals surface area (Å²) in [5, 5.41) is 0. The molecule has 1 aromatic heterocycles. The van der Waals surface area contributed by atoms with Crippen LogP contribution in [-0.2, 0) is 6.54 Å². The van der Waals surface area contributed by atoms with E-state index in [2.05, 4.69) is 9.55 Å². The molecule has 1 aliphatic rings. The summed E-state index contributed by atoms with van der Waals surface area (Å²) < 4.78 is 2.14. The monoisotopic (exact) mass is 187 g/mol. The highest BCUT2D eigenvalue weighted by Gasteiger charge is 2.20. The smallest absolute Gasteiger partial charge is 0.243 e. The maximum atomic E-state index is 5.54. The van der Waals surface area contributed by atoms with Crippen molar-refractivity contribution < 1.29 is 17.0 Å². The number of hydrogen-bond donors (Lipinski definition) is 2. The molecule has 4 heteroatoms. The van der Waals surface area contributed by atoms with Gasteiger partial charge in [0.1, 0.15) is 0 Å². The van der Waals surface area contributed by atoms with E-state index in [0.717, 1.165) is 18.3 Å². The maximum absolute atomic E-state index is 5.54. The van der Waals surface area contributed by atoms with Crippen LogP contribution in [0.25, 0.3) is 0 Å². The highest BCUT2D eigenvalue weighted by molar-refractivity contribution is 5.18. The highest BCUT2D eigenvalue weighted by Crippen LogP contribution is 2.26. The Morgan fingerprint density at radius 3 is 2.75 bits per heavy atom. The second-order valence-corrected chi connectivity index (χ2v) is 3.35. The first-order valence-corrected chi connectivity index (χ1v) is 4.17. The van der Waals surface area contributed by atoms with Crippen LogP contribution >= 0.6 is 0 Å². The van der Waals surface area contributed by atoms with E-state index in [4.69, 9.17) is 5.73 Å². The molecule has 2 rings (SSSR count). The molecule has 3 nitrogen and oxygen atoms in total. The van der Waals surface area contributed by atoms with Gasteiger partial charge in [0.25, 0.3) is 0 Å². The van der Waals surface area contributed by atoms with E-state index in [9.17, 15) is 0 Å². The number of H-pyrrole nitrogens is 1. The van der Waals surface area contributed by atoms with Crippen molar-refractivity contribution >= 4 is 5.82 Å². The van der Waals surface area contributed by atoms with Gasteiger partial charge in [0, 0.05) is 0 Å². The lowest BCUT2D eigenvalue weighted by Gasteiger charge is -2.22. The van der Waals surface area contributed by atoms with Crippen molar-refractivity contribution in [3.8, 4) is 0 Å². The zero-order chi connectivity index (χ0) is 7.68. The lowest BCUT2D eigenvalue weighted by molar-refractivity contribution is -0.703. The topological polar surface area (TPSA) is 45.7 Å². The molecule has 0 spiro atoms. The summed E-state index contributed by atoms with van der Waals surface area (Å²) >= 11 is 0. The van der Waals surface area contributed by atoms with Crippen molar-refractivity contribution in [2.75, 3.05) is 5.73 Å². The number of hydrogen-bond acceptors (Lipinski definition) is 1. The Hall–Kier alpha value is -0.700. The van der Waals surface area contributed by atoms with Gasteiger partial charge in [-0.1, -0.05) is 6.42 Å². The first-order chi connectivity index (χ1) is 5.34. The lowest BCUT2D eigenvalue weighted by Crippen LogP contribution is -3.00. The van der Waals surface area contributed by atoms with Gasteiger partial charge in [-0.2, -0.15) is 0 Å². The van der Waals surface area contributed by atoms with Crippen molar-refractivity contribution in [2.45, 2.75) is 25.8 Å². The van der Waals surface area contributed by atoms with Crippen LogP contribution in [0.4, 0.5) is 5.82 Å². The van der Waals surface area contributed by atoms with Gasteiger partial charge in [0.15, 0.2) is 6.20 Å². The standard InChI is InChI=1S/C8H13N3.ClH/c9-8-5-11(6-10-8)4-7-2-1-3-7;/h5-7H,1-4,9H2;1H. The average Bonchev–Trinajstić information content (AvgIpc) is 2.27. The minimum Gasteiger partial charge on any atom is -1.00 e. The Morgan fingerprint density at radius 1 is 1.58 bits per heavy atom. The second-order valence-electron chi connectivity index (χ2n) is 3.35. The van der Waals surface area contributed by atoms with Crippen LogP contribution in [0.3, 0.4) is 0 Å². The molecule has 1 fully saturated rings. The molecule has 0 radical (unpaired) electrons. The number of imidazole rings is 1. The van der Waals surface area contributed by atoms with Crippen LogP contribution < -0.4 is 22.7 Å². The minimum absolute atomic E-state index is 0. The van der Waals surface area contributed by atoms with E-state index in [1.807, 2.05) is 12.5 Å². The number of anilines is 1. The number of aromatic nitrogens is 2. The fourth-order valence-electron chi connectivity index (χ4n) is 1.49. The molecule has 12 heavy (non-hydrogen) atoms. The van der Waals surface area contributed by atoms with E-state index in [1.165, 1.54) is 19.3 Å². The van der Waals surface area contributed by atoms with Crippen molar-refractivity contribution in [3.05, 3.63) is 12.5 Å².